The van der Waals surface area contributed by atoms with Crippen LogP contribution >= 0.6 is 24.2 Å². The molecule has 6 heteroatoms. The van der Waals surface area contributed by atoms with Gasteiger partial charge in [0.15, 0.2) is 0 Å². The summed E-state index contributed by atoms with van der Waals surface area (Å²) in [5, 5.41) is 0. The second-order valence-electron chi connectivity index (χ2n) is 3.93. The Balaban J connectivity index is -0.000000202. The molecule has 0 aromatic rings. The van der Waals surface area contributed by atoms with Gasteiger partial charge in [0.05, 0.1) is 6.16 Å². The molecule has 3 N–H and O–H groups in total. The molecule has 0 saturated heterocycles. The molecule has 15 heavy (non-hydrogen) atoms. The van der Waals surface area contributed by atoms with E-state index in [0.29, 0.717) is 12.2 Å². The van der Waals surface area contributed by atoms with Crippen molar-refractivity contribution in [1.82, 2.24) is 6.15 Å². The Kier molecular flexibility index (Phi) is 18.2. The minimum Gasteiger partial charge on any atom is -1.00 e. The van der Waals surface area contributed by atoms with E-state index in [1.165, 1.54) is 0 Å². The zero-order chi connectivity index (χ0) is 9.78. The Morgan fingerprint density at radius 3 is 2.00 bits per heavy atom. The Bertz CT molecular complexity index is 193. The van der Waals surface area contributed by atoms with Gasteiger partial charge in [-0.3, -0.25) is 0 Å². The molecule has 3 nitrogen and oxygen atoms in total. The van der Waals surface area contributed by atoms with Crippen molar-refractivity contribution in [3.8, 4) is 0 Å². The van der Waals surface area contributed by atoms with E-state index in [-0.39, 0.29) is 46.1 Å². The smallest absolute Gasteiger partial charge is 0.333 e. The summed E-state index contributed by atoms with van der Waals surface area (Å²) in [6.45, 7) is 12.4. The maximum absolute atomic E-state index is 10.9. The van der Waals surface area contributed by atoms with Crippen LogP contribution in [0.3, 0.4) is 0 Å². The third kappa shape index (κ3) is 17.2. The van der Waals surface area contributed by atoms with E-state index in [9.17, 15) is 4.79 Å². The molecular weight excluding hydrogens is 345 g/mol. The molecule has 0 unspecified atom stereocenters. The maximum atomic E-state index is 10.9. The second kappa shape index (κ2) is 11.1. The van der Waals surface area contributed by atoms with Gasteiger partial charge >= 0.3 is 5.97 Å². The van der Waals surface area contributed by atoms with Gasteiger partial charge in [0, 0.05) is 32.8 Å². The number of carbonyl (C=O) groups excluding carboxylic acids is 1. The first-order valence-corrected chi connectivity index (χ1v) is 7.27. The lowest BCUT2D eigenvalue weighted by Gasteiger charge is -2.11. The summed E-state index contributed by atoms with van der Waals surface area (Å²) in [4.78, 5) is 10.9. The van der Waals surface area contributed by atoms with Crippen LogP contribution in [0.1, 0.15) is 6.92 Å². The molecular formula is C9H22Br2NO2P. The van der Waals surface area contributed by atoms with Crippen LogP contribution < -0.4 is 23.1 Å². The van der Waals surface area contributed by atoms with Crippen LogP contribution in [-0.2, 0) is 9.53 Å². The summed E-state index contributed by atoms with van der Waals surface area (Å²) in [5.41, 5.74) is 0.474. The van der Waals surface area contributed by atoms with Gasteiger partial charge < -0.3 is 27.9 Å². The van der Waals surface area contributed by atoms with Gasteiger partial charge in [-0.15, -0.1) is 17.0 Å². The molecule has 94 valence electrons. The van der Waals surface area contributed by atoms with Crippen LogP contribution in [0.15, 0.2) is 12.2 Å². The standard InChI is InChI=1S/C9H18O2P.2BrH.H3N/c1-8(2)9(10)11-6-7-12(3,4)5;;;/h1,6-7H2,2-5H3;2*1H;1H3/q+1;;;/p-1. The van der Waals surface area contributed by atoms with E-state index in [1.807, 2.05) is 0 Å². The minimum absolute atomic E-state index is 0. The molecule has 0 fully saturated rings. The molecule has 0 aromatic heterocycles. The van der Waals surface area contributed by atoms with E-state index in [0.717, 1.165) is 6.16 Å². The minimum atomic E-state index is -0.809. The predicted octanol–water partition coefficient (Wildman–Crippen LogP) is -0.243. The summed E-state index contributed by atoms with van der Waals surface area (Å²) in [6, 6.07) is 0. The van der Waals surface area contributed by atoms with Crippen molar-refractivity contribution >= 4 is 30.2 Å². The van der Waals surface area contributed by atoms with Crippen molar-refractivity contribution < 1.29 is 26.5 Å². The molecule has 0 atom stereocenters. The molecule has 0 spiro atoms. The van der Waals surface area contributed by atoms with Crippen molar-refractivity contribution in [1.29, 1.82) is 0 Å². The highest BCUT2D eigenvalue weighted by atomic mass is 79.9. The Morgan fingerprint density at radius 2 is 1.73 bits per heavy atom. The molecule has 0 aliphatic heterocycles. The number of esters is 1. The number of hydrogen-bond acceptors (Lipinski definition) is 3. The topological polar surface area (TPSA) is 61.3 Å². The second-order valence-corrected chi connectivity index (χ2v) is 8.96. The van der Waals surface area contributed by atoms with Crippen LogP contribution in [0.4, 0.5) is 0 Å². The number of rotatable bonds is 4. The number of ether oxygens (including phenoxy) is 1. The highest BCUT2D eigenvalue weighted by molar-refractivity contribution is 8.93. The predicted molar refractivity (Wildman–Crippen MR) is 70.7 cm³/mol. The van der Waals surface area contributed by atoms with Gasteiger partial charge in [-0.05, 0) is 6.92 Å². The fourth-order valence-electron chi connectivity index (χ4n) is 0.535. The average Bonchev–Trinajstić information content (AvgIpc) is 1.84. The van der Waals surface area contributed by atoms with Gasteiger partial charge in [0.2, 0.25) is 0 Å². The Morgan fingerprint density at radius 1 is 1.33 bits per heavy atom. The van der Waals surface area contributed by atoms with Crippen LogP contribution in [0.25, 0.3) is 0 Å². The van der Waals surface area contributed by atoms with E-state index >= 15 is 0 Å². The first-order valence-electron chi connectivity index (χ1n) is 3.96. The molecule has 0 radical (unpaired) electrons. The zero-order valence-corrected chi connectivity index (χ0v) is 14.1. The van der Waals surface area contributed by atoms with Crippen LogP contribution in [0.2, 0.25) is 0 Å². The van der Waals surface area contributed by atoms with E-state index in [2.05, 4.69) is 26.6 Å². The first kappa shape index (κ1) is 24.7. The normalized spacial score (nSPS) is 8.80. The van der Waals surface area contributed by atoms with Gasteiger partial charge in [-0.2, -0.15) is 0 Å². The van der Waals surface area contributed by atoms with Crippen LogP contribution in [0, 0.1) is 0 Å². The van der Waals surface area contributed by atoms with Gasteiger partial charge in [0.1, 0.15) is 6.61 Å². The molecule has 0 bridgehead atoms. The quantitative estimate of drug-likeness (QED) is 0.424. The molecule has 0 heterocycles. The SMILES string of the molecule is Br.C=C(C)C(=O)OCC[P+](C)(C)C.N.[Br-]. The summed E-state index contributed by atoms with van der Waals surface area (Å²) < 4.78 is 4.97. The summed E-state index contributed by atoms with van der Waals surface area (Å²) in [5.74, 6) is -0.275. The van der Waals surface area contributed by atoms with Gasteiger partial charge in [0.25, 0.3) is 0 Å². The van der Waals surface area contributed by atoms with Crippen LogP contribution in [-0.4, -0.2) is 38.7 Å². The fourth-order valence-corrected chi connectivity index (χ4v) is 1.17. The molecule has 0 aliphatic rings. The maximum Gasteiger partial charge on any atom is 0.333 e. The summed E-state index contributed by atoms with van der Waals surface area (Å²) in [7, 11) is -0.809. The molecule has 0 aromatic carbocycles. The highest BCUT2D eigenvalue weighted by Gasteiger charge is 2.17. The Labute approximate surface area is 114 Å². The van der Waals surface area contributed by atoms with Crippen molar-refractivity contribution in [3.63, 3.8) is 0 Å². The number of halogens is 2. The lowest BCUT2D eigenvalue weighted by atomic mass is 10.4. The van der Waals surface area contributed by atoms with Gasteiger partial charge in [-0.1, -0.05) is 6.58 Å². The van der Waals surface area contributed by atoms with Crippen molar-refractivity contribution in [2.24, 2.45) is 0 Å². The van der Waals surface area contributed by atoms with Crippen molar-refractivity contribution in [2.45, 2.75) is 6.92 Å². The average molecular weight is 367 g/mol. The lowest BCUT2D eigenvalue weighted by Crippen LogP contribution is -3.00. The number of hydrogen-bond donors (Lipinski definition) is 1. The third-order valence-electron chi connectivity index (χ3n) is 1.34. The van der Waals surface area contributed by atoms with Crippen LogP contribution in [0.5, 0.6) is 0 Å². The highest BCUT2D eigenvalue weighted by Crippen LogP contribution is 2.45. The van der Waals surface area contributed by atoms with E-state index < -0.39 is 7.26 Å². The van der Waals surface area contributed by atoms with Gasteiger partial charge in [-0.25, -0.2) is 4.79 Å². The number of carbonyl (C=O) groups is 1. The monoisotopic (exact) mass is 365 g/mol. The van der Waals surface area contributed by atoms with E-state index in [1.54, 1.807) is 6.92 Å². The summed E-state index contributed by atoms with van der Waals surface area (Å²) in [6.07, 6.45) is 0.992. The summed E-state index contributed by atoms with van der Waals surface area (Å²) >= 11 is 0. The van der Waals surface area contributed by atoms with E-state index in [4.69, 9.17) is 4.74 Å². The Hall–Kier alpha value is 0.560. The molecule has 0 rings (SSSR count). The lowest BCUT2D eigenvalue weighted by molar-refractivity contribution is -0.138. The molecule has 0 saturated carbocycles. The largest absolute Gasteiger partial charge is 1.00 e. The van der Waals surface area contributed by atoms with Crippen molar-refractivity contribution in [3.05, 3.63) is 12.2 Å². The molecule has 0 amide bonds. The third-order valence-corrected chi connectivity index (χ3v) is 2.87. The van der Waals surface area contributed by atoms with Crippen molar-refractivity contribution in [2.75, 3.05) is 32.8 Å². The first-order chi connectivity index (χ1) is 5.33. The zero-order valence-electron chi connectivity index (χ0n) is 9.88. The molecule has 0 aliphatic carbocycles. The fraction of sp³-hybridized carbons (Fsp3) is 0.667.